The molecule has 5 heteroatoms. The van der Waals surface area contributed by atoms with Gasteiger partial charge in [0.15, 0.2) is 0 Å². The molecule has 2 rings (SSSR count). The highest BCUT2D eigenvalue weighted by Gasteiger charge is 2.27. The Labute approximate surface area is 230 Å². The Morgan fingerprint density at radius 1 is 0.600 bits per heavy atom. The van der Waals surface area contributed by atoms with Crippen molar-refractivity contribution in [1.82, 2.24) is 0 Å². The molecule has 0 saturated heterocycles. The van der Waals surface area contributed by atoms with Crippen LogP contribution < -0.4 is 7.58 Å². The molecule has 0 bridgehead atoms. The Morgan fingerprint density at radius 2 is 0.914 bits per heavy atom. The topological polar surface area (TPSA) is 18.5 Å². The second kappa shape index (κ2) is 12.8. The molecular formula is C30H48Al2O2S. The maximum atomic E-state index is 6.63. The van der Waals surface area contributed by atoms with E-state index < -0.39 is 29.0 Å². The molecule has 0 spiro atoms. The quantitative estimate of drug-likeness (QED) is 0.287. The summed E-state index contributed by atoms with van der Waals surface area (Å²) in [5.74, 6) is 2.20. The summed E-state index contributed by atoms with van der Waals surface area (Å²) in [7, 11) is 0. The third kappa shape index (κ3) is 8.22. The lowest BCUT2D eigenvalue weighted by Crippen LogP contribution is -2.23. The van der Waals surface area contributed by atoms with Crippen molar-refractivity contribution in [2.45, 2.75) is 125 Å². The second-order valence-electron chi connectivity index (χ2n) is 11.9. The predicted molar refractivity (Wildman–Crippen MR) is 159 cm³/mol. The first-order valence-corrected chi connectivity index (χ1v) is 18.6. The zero-order valence-corrected chi connectivity index (χ0v) is 27.6. The maximum absolute atomic E-state index is 6.63. The van der Waals surface area contributed by atoms with Crippen LogP contribution >= 0.6 is 11.8 Å². The molecule has 0 heterocycles. The van der Waals surface area contributed by atoms with Gasteiger partial charge in [0.25, 0.3) is 0 Å². The van der Waals surface area contributed by atoms with Gasteiger partial charge in [-0.3, -0.25) is 0 Å². The average Bonchev–Trinajstić information content (AvgIpc) is 2.76. The van der Waals surface area contributed by atoms with Crippen molar-refractivity contribution in [3.8, 4) is 11.5 Å². The predicted octanol–water partition coefficient (Wildman–Crippen LogP) is 9.87. The first kappa shape index (κ1) is 30.7. The van der Waals surface area contributed by atoms with Crippen LogP contribution in [0, 0.1) is 13.8 Å². The molecule has 35 heavy (non-hydrogen) atoms. The number of aryl methyl sites for hydroxylation is 2. The van der Waals surface area contributed by atoms with E-state index in [-0.39, 0.29) is 10.8 Å². The van der Waals surface area contributed by atoms with Crippen molar-refractivity contribution in [1.29, 1.82) is 0 Å². The molecule has 2 nitrogen and oxygen atoms in total. The van der Waals surface area contributed by atoms with Gasteiger partial charge >= 0.3 is 29.0 Å². The van der Waals surface area contributed by atoms with Crippen LogP contribution in [0.5, 0.6) is 11.5 Å². The molecule has 0 aliphatic rings. The standard InChI is InChI=1S/C22H30O2S.4C2H5.2Al/c1-13-9-17(23)15(21(3,4)5)11-19(13)25-20-12-16(22(6,7)8)18(24)10-14(20)2;4*1-2;;/h9-12,23-24H,1-8H3;4*1H2,2H3;;/q;;;;;2*+1/p-2. The first-order valence-electron chi connectivity index (χ1n) is 13.6. The summed E-state index contributed by atoms with van der Waals surface area (Å²) in [6.45, 7) is 27.3. The fourth-order valence-electron chi connectivity index (χ4n) is 4.30. The minimum Gasteiger partial charge on any atom is -0.642 e. The Morgan fingerprint density at radius 3 is 1.17 bits per heavy atom. The summed E-state index contributed by atoms with van der Waals surface area (Å²) >= 11 is -0.506. The van der Waals surface area contributed by atoms with Gasteiger partial charge in [0.05, 0.1) is 11.5 Å². The molecule has 192 valence electrons. The van der Waals surface area contributed by atoms with Crippen molar-refractivity contribution in [3.05, 3.63) is 46.5 Å². The van der Waals surface area contributed by atoms with Gasteiger partial charge in [0.1, 0.15) is 0 Å². The van der Waals surface area contributed by atoms with E-state index in [1.54, 1.807) is 0 Å². The van der Waals surface area contributed by atoms with E-state index in [4.69, 9.17) is 7.58 Å². The van der Waals surface area contributed by atoms with Crippen LogP contribution in [0.1, 0.15) is 91.5 Å². The fourth-order valence-corrected chi connectivity index (χ4v) is 8.26. The molecule has 0 fully saturated rings. The highest BCUT2D eigenvalue weighted by molar-refractivity contribution is 7.99. The summed E-state index contributed by atoms with van der Waals surface area (Å²) in [4.78, 5) is 2.64. The van der Waals surface area contributed by atoms with Gasteiger partial charge < -0.3 is 7.58 Å². The van der Waals surface area contributed by atoms with Crippen LogP contribution in [-0.2, 0) is 10.8 Å². The minimum absolute atomic E-state index is 0.0298. The molecular weight excluding hydrogens is 478 g/mol. The summed E-state index contributed by atoms with van der Waals surface area (Å²) in [5, 5.41) is 4.66. The largest absolute Gasteiger partial charge is 0.642 e. The Hall–Kier alpha value is -0.545. The van der Waals surface area contributed by atoms with Crippen molar-refractivity contribution in [2.24, 2.45) is 0 Å². The van der Waals surface area contributed by atoms with E-state index in [1.165, 1.54) is 53.2 Å². The molecule has 2 aromatic rings. The molecule has 0 N–H and O–H groups in total. The van der Waals surface area contributed by atoms with E-state index in [0.29, 0.717) is 0 Å². The smallest absolute Gasteiger partial charge is 0.546 e. The zero-order chi connectivity index (χ0) is 26.6. The SMILES string of the molecule is C[CH2][Al]([CH2]C)[O]c1cc(C)c(Sc2cc(C(C)(C)C)c([O][Al]([CH2]C)[CH2]C)cc2C)cc1C(C)(C)C. The zero-order valence-electron chi connectivity index (χ0n) is 24.5. The normalized spacial score (nSPS) is 12.0. The molecule has 0 atom stereocenters. The summed E-state index contributed by atoms with van der Waals surface area (Å²) in [5.41, 5.74) is 5.28. The van der Waals surface area contributed by atoms with Crippen LogP contribution in [0.3, 0.4) is 0 Å². The molecule has 0 saturated carbocycles. The van der Waals surface area contributed by atoms with Gasteiger partial charge in [0.2, 0.25) is 0 Å². The highest BCUT2D eigenvalue weighted by Crippen LogP contribution is 2.43. The second-order valence-corrected chi connectivity index (χ2v) is 19.3. The Balaban J connectivity index is 2.55. The third-order valence-corrected chi connectivity index (χ3v) is 12.9. The van der Waals surface area contributed by atoms with Crippen molar-refractivity contribution in [2.75, 3.05) is 0 Å². The Bertz CT molecular complexity index is 902. The highest BCUT2D eigenvalue weighted by atomic mass is 32.2. The monoisotopic (exact) mass is 526 g/mol. The van der Waals surface area contributed by atoms with E-state index in [1.807, 2.05) is 11.8 Å². The van der Waals surface area contributed by atoms with Crippen molar-refractivity contribution in [3.63, 3.8) is 0 Å². The third-order valence-electron chi connectivity index (χ3n) is 6.80. The molecule has 0 aromatic heterocycles. The van der Waals surface area contributed by atoms with Crippen LogP contribution in [0.4, 0.5) is 0 Å². The lowest BCUT2D eigenvalue weighted by atomic mass is 9.86. The van der Waals surface area contributed by atoms with E-state index in [2.05, 4.69) is 107 Å². The summed E-state index contributed by atoms with van der Waals surface area (Å²) < 4.78 is 13.3. The van der Waals surface area contributed by atoms with Gasteiger partial charge in [0, 0.05) is 9.79 Å². The lowest BCUT2D eigenvalue weighted by molar-refractivity contribution is 0.511. The van der Waals surface area contributed by atoms with Crippen molar-refractivity contribution >= 4 is 40.7 Å². The lowest BCUT2D eigenvalue weighted by Gasteiger charge is -2.28. The molecule has 0 aliphatic heterocycles. The molecule has 0 unspecified atom stereocenters. The fraction of sp³-hybridized carbons (Fsp3) is 0.600. The molecule has 2 aromatic carbocycles. The van der Waals surface area contributed by atoms with Crippen LogP contribution in [0.2, 0.25) is 21.1 Å². The van der Waals surface area contributed by atoms with Crippen LogP contribution in [0.25, 0.3) is 0 Å². The van der Waals surface area contributed by atoms with Crippen molar-refractivity contribution < 1.29 is 7.58 Å². The molecule has 0 amide bonds. The minimum atomic E-state index is -1.20. The number of benzene rings is 2. The summed E-state index contributed by atoms with van der Waals surface area (Å²) in [6, 6.07) is 9.38. The van der Waals surface area contributed by atoms with Crippen LogP contribution in [0.15, 0.2) is 34.1 Å². The first-order chi connectivity index (χ1) is 16.2. The average molecular weight is 527 g/mol. The summed E-state index contributed by atoms with van der Waals surface area (Å²) in [6.07, 6.45) is 0. The number of hydrogen-bond donors (Lipinski definition) is 0. The van der Waals surface area contributed by atoms with E-state index in [9.17, 15) is 0 Å². The van der Waals surface area contributed by atoms with Gasteiger partial charge in [-0.2, -0.15) is 0 Å². The van der Waals surface area contributed by atoms with Gasteiger partial charge in [-0.05, 0) is 71.2 Å². The molecule has 0 radical (unpaired) electrons. The number of rotatable bonds is 10. The molecule has 0 aliphatic carbocycles. The maximum Gasteiger partial charge on any atom is 0.546 e. The van der Waals surface area contributed by atoms with Gasteiger partial charge in [-0.1, -0.05) is 102 Å². The van der Waals surface area contributed by atoms with Gasteiger partial charge in [-0.15, -0.1) is 0 Å². The van der Waals surface area contributed by atoms with E-state index in [0.717, 1.165) is 11.5 Å². The van der Waals surface area contributed by atoms with Gasteiger partial charge in [-0.25, -0.2) is 0 Å². The van der Waals surface area contributed by atoms with E-state index >= 15 is 0 Å². The Kier molecular flexibility index (Phi) is 11.2. The number of hydrogen-bond acceptors (Lipinski definition) is 3. The van der Waals surface area contributed by atoms with Crippen LogP contribution in [-0.4, -0.2) is 29.0 Å².